The van der Waals surface area contributed by atoms with E-state index in [2.05, 4.69) is 15.3 Å². The van der Waals surface area contributed by atoms with Gasteiger partial charge in [0.2, 0.25) is 5.91 Å². The van der Waals surface area contributed by atoms with Gasteiger partial charge in [0.25, 0.3) is 11.1 Å². The van der Waals surface area contributed by atoms with Crippen LogP contribution in [-0.4, -0.2) is 28.8 Å². The van der Waals surface area contributed by atoms with Crippen LogP contribution in [0.15, 0.2) is 52.1 Å². The van der Waals surface area contributed by atoms with Gasteiger partial charge in [-0.2, -0.15) is 0 Å². The average Bonchev–Trinajstić information content (AvgIpc) is 3.24. The monoisotopic (exact) mass is 392 g/mol. The SMILES string of the molecule is Cc1cc(NC(=O)CCn2[nH]c(=O)c3ccccc3c2=O)ccc1N1CCCC1. The number of fused-ring (bicyclic) bond motifs is 1. The van der Waals surface area contributed by atoms with E-state index >= 15 is 0 Å². The van der Waals surface area contributed by atoms with Gasteiger partial charge in [0, 0.05) is 30.9 Å². The van der Waals surface area contributed by atoms with E-state index in [9.17, 15) is 14.4 Å². The molecule has 1 aliphatic heterocycles. The number of hydrogen-bond acceptors (Lipinski definition) is 4. The van der Waals surface area contributed by atoms with Crippen LogP contribution in [0.4, 0.5) is 11.4 Å². The highest BCUT2D eigenvalue weighted by Gasteiger charge is 2.15. The van der Waals surface area contributed by atoms with Crippen molar-refractivity contribution in [2.75, 3.05) is 23.3 Å². The quantitative estimate of drug-likeness (QED) is 0.699. The predicted octanol–water partition coefficient (Wildman–Crippen LogP) is 2.63. The maximum absolute atomic E-state index is 12.5. The molecule has 0 aliphatic carbocycles. The maximum atomic E-state index is 12.5. The molecule has 0 atom stereocenters. The molecule has 2 N–H and O–H groups in total. The first-order valence-corrected chi connectivity index (χ1v) is 9.90. The Labute approximate surface area is 167 Å². The summed E-state index contributed by atoms with van der Waals surface area (Å²) >= 11 is 0. The zero-order valence-corrected chi connectivity index (χ0v) is 16.4. The van der Waals surface area contributed by atoms with Gasteiger partial charge in [-0.05, 0) is 55.7 Å². The number of aromatic amines is 1. The second-order valence-electron chi connectivity index (χ2n) is 7.44. The maximum Gasteiger partial charge on any atom is 0.273 e. The predicted molar refractivity (Wildman–Crippen MR) is 115 cm³/mol. The third-order valence-corrected chi connectivity index (χ3v) is 5.37. The lowest BCUT2D eigenvalue weighted by atomic mass is 10.1. The molecule has 3 aromatic rings. The largest absolute Gasteiger partial charge is 0.371 e. The van der Waals surface area contributed by atoms with Crippen molar-refractivity contribution in [2.24, 2.45) is 0 Å². The summed E-state index contributed by atoms with van der Waals surface area (Å²) in [6.07, 6.45) is 2.52. The highest BCUT2D eigenvalue weighted by atomic mass is 16.2. The van der Waals surface area contributed by atoms with E-state index in [1.54, 1.807) is 24.3 Å². The van der Waals surface area contributed by atoms with E-state index in [0.717, 1.165) is 24.3 Å². The molecule has 2 heterocycles. The van der Waals surface area contributed by atoms with Crippen LogP contribution in [0, 0.1) is 6.92 Å². The lowest BCUT2D eigenvalue weighted by Gasteiger charge is -2.20. The molecule has 1 aliphatic rings. The highest BCUT2D eigenvalue weighted by molar-refractivity contribution is 5.91. The summed E-state index contributed by atoms with van der Waals surface area (Å²) < 4.78 is 1.20. The van der Waals surface area contributed by atoms with Crippen molar-refractivity contribution < 1.29 is 4.79 Å². The summed E-state index contributed by atoms with van der Waals surface area (Å²) in [5, 5.41) is 6.13. The standard InChI is InChI=1S/C22H24N4O3/c1-15-14-16(8-9-19(15)25-11-4-5-12-25)23-20(27)10-13-26-22(29)18-7-3-2-6-17(18)21(28)24-26/h2-3,6-9,14H,4-5,10-13H2,1H3,(H,23,27)(H,24,28). The molecule has 1 aromatic heterocycles. The smallest absolute Gasteiger partial charge is 0.273 e. The summed E-state index contributed by atoms with van der Waals surface area (Å²) in [7, 11) is 0. The minimum atomic E-state index is -0.339. The number of hydrogen-bond donors (Lipinski definition) is 2. The van der Waals surface area contributed by atoms with Crippen LogP contribution in [-0.2, 0) is 11.3 Å². The van der Waals surface area contributed by atoms with Crippen molar-refractivity contribution in [3.63, 3.8) is 0 Å². The number of amides is 1. The molecule has 29 heavy (non-hydrogen) atoms. The minimum Gasteiger partial charge on any atom is -0.371 e. The molecule has 0 radical (unpaired) electrons. The lowest BCUT2D eigenvalue weighted by Crippen LogP contribution is -2.31. The molecule has 0 saturated carbocycles. The van der Waals surface area contributed by atoms with E-state index in [1.165, 1.54) is 23.2 Å². The Kier molecular flexibility index (Phi) is 5.20. The van der Waals surface area contributed by atoms with Gasteiger partial charge in [0.05, 0.1) is 17.3 Å². The lowest BCUT2D eigenvalue weighted by molar-refractivity contribution is -0.116. The van der Waals surface area contributed by atoms with Crippen LogP contribution < -0.4 is 21.3 Å². The first-order chi connectivity index (χ1) is 14.0. The molecular formula is C22H24N4O3. The summed E-state index contributed by atoms with van der Waals surface area (Å²) in [6.45, 7) is 4.30. The number of rotatable bonds is 5. The fourth-order valence-corrected chi connectivity index (χ4v) is 3.89. The van der Waals surface area contributed by atoms with Crippen LogP contribution in [0.5, 0.6) is 0 Å². The van der Waals surface area contributed by atoms with Crippen LogP contribution in [0.3, 0.4) is 0 Å². The molecule has 1 amide bonds. The van der Waals surface area contributed by atoms with Gasteiger partial charge in [0.1, 0.15) is 0 Å². The molecule has 150 valence electrons. The number of nitrogens with zero attached hydrogens (tertiary/aromatic N) is 2. The Bertz CT molecular complexity index is 1170. The van der Waals surface area contributed by atoms with Gasteiger partial charge in [0.15, 0.2) is 0 Å². The summed E-state index contributed by atoms with van der Waals surface area (Å²) in [5.41, 5.74) is 2.42. The van der Waals surface area contributed by atoms with Gasteiger partial charge in [-0.3, -0.25) is 19.5 Å². The second-order valence-corrected chi connectivity index (χ2v) is 7.44. The van der Waals surface area contributed by atoms with Crippen molar-refractivity contribution in [1.29, 1.82) is 0 Å². The zero-order chi connectivity index (χ0) is 20.4. The summed E-state index contributed by atoms with van der Waals surface area (Å²) in [5.74, 6) is -0.209. The van der Waals surface area contributed by atoms with Crippen molar-refractivity contribution in [3.8, 4) is 0 Å². The Morgan fingerprint density at radius 2 is 1.79 bits per heavy atom. The summed E-state index contributed by atoms with van der Waals surface area (Å²) in [4.78, 5) is 39.4. The number of carbonyl (C=O) groups excluding carboxylic acids is 1. The third-order valence-electron chi connectivity index (χ3n) is 5.37. The molecular weight excluding hydrogens is 368 g/mol. The fourth-order valence-electron chi connectivity index (χ4n) is 3.89. The fraction of sp³-hybridized carbons (Fsp3) is 0.318. The molecule has 0 unspecified atom stereocenters. The van der Waals surface area contributed by atoms with Crippen molar-refractivity contribution in [2.45, 2.75) is 32.7 Å². The summed E-state index contributed by atoms with van der Waals surface area (Å²) in [6, 6.07) is 12.6. The first kappa shape index (κ1) is 19.0. The topological polar surface area (TPSA) is 87.2 Å². The van der Waals surface area contributed by atoms with Gasteiger partial charge >= 0.3 is 0 Å². The third kappa shape index (κ3) is 3.94. The molecule has 0 bridgehead atoms. The Balaban J connectivity index is 1.44. The number of H-pyrrole nitrogens is 1. The average molecular weight is 392 g/mol. The van der Waals surface area contributed by atoms with Crippen molar-refractivity contribution >= 4 is 28.1 Å². The van der Waals surface area contributed by atoms with E-state index in [1.807, 2.05) is 25.1 Å². The Morgan fingerprint density at radius 1 is 1.07 bits per heavy atom. The number of benzene rings is 2. The number of nitrogens with one attached hydrogen (secondary N) is 2. The number of aromatic nitrogens is 2. The molecule has 7 heteroatoms. The molecule has 1 saturated heterocycles. The number of anilines is 2. The first-order valence-electron chi connectivity index (χ1n) is 9.90. The molecule has 0 spiro atoms. The van der Waals surface area contributed by atoms with Crippen molar-refractivity contribution in [1.82, 2.24) is 9.78 Å². The minimum absolute atomic E-state index is 0.0844. The van der Waals surface area contributed by atoms with Gasteiger partial charge in [-0.1, -0.05) is 12.1 Å². The molecule has 1 fully saturated rings. The van der Waals surface area contributed by atoms with Crippen LogP contribution >= 0.6 is 0 Å². The van der Waals surface area contributed by atoms with Gasteiger partial charge in [-0.15, -0.1) is 0 Å². The van der Waals surface area contributed by atoms with Crippen LogP contribution in [0.25, 0.3) is 10.8 Å². The highest BCUT2D eigenvalue weighted by Crippen LogP contribution is 2.26. The Hall–Kier alpha value is -3.35. The zero-order valence-electron chi connectivity index (χ0n) is 16.4. The van der Waals surface area contributed by atoms with E-state index in [4.69, 9.17) is 0 Å². The molecule has 7 nitrogen and oxygen atoms in total. The Morgan fingerprint density at radius 3 is 2.52 bits per heavy atom. The van der Waals surface area contributed by atoms with E-state index in [0.29, 0.717) is 10.8 Å². The normalized spacial score (nSPS) is 13.8. The van der Waals surface area contributed by atoms with E-state index in [-0.39, 0.29) is 30.0 Å². The van der Waals surface area contributed by atoms with Crippen LogP contribution in [0.1, 0.15) is 24.8 Å². The molecule has 2 aromatic carbocycles. The number of carbonyl (C=O) groups is 1. The van der Waals surface area contributed by atoms with Gasteiger partial charge < -0.3 is 10.2 Å². The molecule has 4 rings (SSSR count). The number of aryl methyl sites for hydroxylation is 2. The van der Waals surface area contributed by atoms with E-state index < -0.39 is 0 Å². The van der Waals surface area contributed by atoms with Crippen molar-refractivity contribution in [3.05, 3.63) is 68.7 Å². The van der Waals surface area contributed by atoms with Crippen LogP contribution in [0.2, 0.25) is 0 Å². The van der Waals surface area contributed by atoms with Gasteiger partial charge in [-0.25, -0.2) is 4.68 Å². The second kappa shape index (κ2) is 7.95.